The fourth-order valence-electron chi connectivity index (χ4n) is 4.42. The summed E-state index contributed by atoms with van der Waals surface area (Å²) in [5.41, 5.74) is 1.36. The maximum atomic E-state index is 13.9. The summed E-state index contributed by atoms with van der Waals surface area (Å²) in [6.07, 6.45) is 4.28. The van der Waals surface area contributed by atoms with E-state index in [1.807, 2.05) is 34.6 Å². The molecule has 0 saturated carbocycles. The molecular weight excluding hydrogens is 498 g/mol. The number of hydrogen-bond donors (Lipinski definition) is 3. The molecule has 0 bridgehead atoms. The lowest BCUT2D eigenvalue weighted by Crippen LogP contribution is -2.39. The van der Waals surface area contributed by atoms with E-state index in [1.165, 1.54) is 11.0 Å². The molecule has 4 rings (SSSR count). The number of ether oxygens (including phenoxy) is 2. The van der Waals surface area contributed by atoms with Gasteiger partial charge in [-0.05, 0) is 78.3 Å². The first-order valence-corrected chi connectivity index (χ1v) is 13.2. The van der Waals surface area contributed by atoms with Gasteiger partial charge in [0.25, 0.3) is 0 Å². The summed E-state index contributed by atoms with van der Waals surface area (Å²) < 4.78 is 13.2. The Morgan fingerprint density at radius 1 is 1.31 bits per heavy atom. The molecule has 39 heavy (non-hydrogen) atoms. The van der Waals surface area contributed by atoms with Gasteiger partial charge in [-0.15, -0.1) is 0 Å². The number of piperidine rings is 1. The van der Waals surface area contributed by atoms with Gasteiger partial charge in [-0.25, -0.2) is 14.7 Å². The Morgan fingerprint density at radius 3 is 2.77 bits per heavy atom. The van der Waals surface area contributed by atoms with Crippen LogP contribution in [0, 0.1) is 6.92 Å². The second-order valence-corrected chi connectivity index (χ2v) is 10.3. The average molecular weight is 536 g/mol. The van der Waals surface area contributed by atoms with E-state index in [0.29, 0.717) is 46.6 Å². The first kappa shape index (κ1) is 27.9. The van der Waals surface area contributed by atoms with E-state index in [2.05, 4.69) is 27.6 Å². The van der Waals surface area contributed by atoms with Crippen molar-refractivity contribution in [1.29, 1.82) is 0 Å². The highest BCUT2D eigenvalue weighted by atomic mass is 16.6. The molecule has 0 radical (unpaired) electrons. The Labute approximate surface area is 228 Å². The minimum Gasteiger partial charge on any atom is -0.492 e. The van der Waals surface area contributed by atoms with Gasteiger partial charge in [-0.1, -0.05) is 6.58 Å². The van der Waals surface area contributed by atoms with Crippen LogP contribution in [0.4, 0.5) is 27.8 Å². The molecule has 0 aliphatic carbocycles. The second-order valence-electron chi connectivity index (χ2n) is 10.3. The summed E-state index contributed by atoms with van der Waals surface area (Å²) in [4.78, 5) is 32.3. The summed E-state index contributed by atoms with van der Waals surface area (Å²) in [5, 5.41) is 14.2. The number of benzene rings is 1. The Hall–Kier alpha value is -4.12. The lowest BCUT2D eigenvalue weighted by molar-refractivity contribution is -0.111. The van der Waals surface area contributed by atoms with Crippen molar-refractivity contribution < 1.29 is 19.1 Å². The number of amides is 2. The smallest absolute Gasteiger partial charge is 0.420 e. The summed E-state index contributed by atoms with van der Waals surface area (Å²) in [6, 6.07) is 7.10. The predicted molar refractivity (Wildman–Crippen MR) is 152 cm³/mol. The molecule has 3 aromatic rings. The third kappa shape index (κ3) is 6.48. The van der Waals surface area contributed by atoms with E-state index in [0.717, 1.165) is 25.9 Å². The average Bonchev–Trinajstić information content (AvgIpc) is 3.35. The van der Waals surface area contributed by atoms with Gasteiger partial charge in [0.1, 0.15) is 17.2 Å². The van der Waals surface area contributed by atoms with E-state index in [-0.39, 0.29) is 6.04 Å². The van der Waals surface area contributed by atoms with Crippen LogP contribution >= 0.6 is 0 Å². The van der Waals surface area contributed by atoms with Gasteiger partial charge < -0.3 is 25.4 Å². The topological polar surface area (TPSA) is 122 Å². The van der Waals surface area contributed by atoms with Crippen LogP contribution in [-0.4, -0.2) is 57.9 Å². The van der Waals surface area contributed by atoms with Gasteiger partial charge in [-0.3, -0.25) is 4.79 Å². The van der Waals surface area contributed by atoms with Crippen molar-refractivity contribution in [3.8, 4) is 5.75 Å². The number of fused-ring (bicyclic) bond motifs is 1. The predicted octanol–water partition coefficient (Wildman–Crippen LogP) is 4.80. The largest absolute Gasteiger partial charge is 0.492 e. The van der Waals surface area contributed by atoms with Crippen molar-refractivity contribution in [3.63, 3.8) is 0 Å². The second kappa shape index (κ2) is 11.7. The summed E-state index contributed by atoms with van der Waals surface area (Å²) in [7, 11) is 0. The van der Waals surface area contributed by atoms with Crippen molar-refractivity contribution in [2.24, 2.45) is 0 Å². The maximum absolute atomic E-state index is 13.9. The van der Waals surface area contributed by atoms with Gasteiger partial charge in [0, 0.05) is 24.2 Å². The van der Waals surface area contributed by atoms with Crippen LogP contribution in [0.2, 0.25) is 0 Å². The fourth-order valence-corrected chi connectivity index (χ4v) is 4.42. The number of anilines is 4. The molecule has 3 N–H and O–H groups in total. The Morgan fingerprint density at radius 2 is 2.10 bits per heavy atom. The third-order valence-corrected chi connectivity index (χ3v) is 6.13. The van der Waals surface area contributed by atoms with E-state index in [4.69, 9.17) is 14.5 Å². The standard InChI is InChI=1S/C28H37N7O4/c1-7-24(36)32-21-16-20(11-12-22(21)38-8-2)34(27(37)39-28(4,5)6)26-18(3)25(31-19-10-9-14-29-17-19)33-23-13-15-30-35(23)26/h7,11-13,15-16,19,29H,1,8-10,14,17H2,2-6H3,(H,31,33)(H,32,36). The van der Waals surface area contributed by atoms with Crippen molar-refractivity contribution in [2.45, 2.75) is 59.1 Å². The molecule has 1 aromatic carbocycles. The van der Waals surface area contributed by atoms with Crippen LogP contribution in [-0.2, 0) is 9.53 Å². The summed E-state index contributed by atoms with van der Waals surface area (Å²) in [5.74, 6) is 1.18. The molecule has 1 unspecified atom stereocenters. The first-order chi connectivity index (χ1) is 18.6. The van der Waals surface area contributed by atoms with Crippen molar-refractivity contribution in [1.82, 2.24) is 19.9 Å². The van der Waals surface area contributed by atoms with Crippen LogP contribution in [0.5, 0.6) is 5.75 Å². The number of carbonyl (C=O) groups excluding carboxylic acids is 2. The molecular formula is C28H37N7O4. The van der Waals surface area contributed by atoms with Crippen LogP contribution < -0.4 is 25.6 Å². The lowest BCUT2D eigenvalue weighted by atomic mass is 10.1. The highest BCUT2D eigenvalue weighted by molar-refractivity contribution is 6.02. The molecule has 1 saturated heterocycles. The molecule has 11 nitrogen and oxygen atoms in total. The normalized spacial score (nSPS) is 15.5. The Balaban J connectivity index is 1.89. The maximum Gasteiger partial charge on any atom is 0.420 e. The van der Waals surface area contributed by atoms with Crippen LogP contribution in [0.1, 0.15) is 46.1 Å². The zero-order valence-electron chi connectivity index (χ0n) is 23.2. The van der Waals surface area contributed by atoms with E-state index < -0.39 is 17.6 Å². The summed E-state index contributed by atoms with van der Waals surface area (Å²) in [6.45, 7) is 14.9. The van der Waals surface area contributed by atoms with Gasteiger partial charge in [0.05, 0.1) is 24.2 Å². The van der Waals surface area contributed by atoms with Crippen LogP contribution in [0.25, 0.3) is 5.65 Å². The van der Waals surface area contributed by atoms with E-state index in [9.17, 15) is 9.59 Å². The molecule has 2 aromatic heterocycles. The number of nitrogens with zero attached hydrogens (tertiary/aromatic N) is 4. The molecule has 208 valence electrons. The van der Waals surface area contributed by atoms with Gasteiger partial charge in [0.2, 0.25) is 5.91 Å². The Kier molecular flexibility index (Phi) is 8.39. The summed E-state index contributed by atoms with van der Waals surface area (Å²) >= 11 is 0. The minimum absolute atomic E-state index is 0.198. The first-order valence-electron chi connectivity index (χ1n) is 13.2. The Bertz CT molecular complexity index is 1360. The number of carbonyl (C=O) groups is 2. The van der Waals surface area contributed by atoms with Crippen LogP contribution in [0.15, 0.2) is 43.1 Å². The van der Waals surface area contributed by atoms with E-state index >= 15 is 0 Å². The fraction of sp³-hybridized carbons (Fsp3) is 0.429. The monoisotopic (exact) mass is 535 g/mol. The molecule has 1 atom stereocenters. The number of rotatable bonds is 8. The van der Waals surface area contributed by atoms with Gasteiger partial charge >= 0.3 is 6.09 Å². The molecule has 0 spiro atoms. The highest BCUT2D eigenvalue weighted by Gasteiger charge is 2.31. The van der Waals surface area contributed by atoms with Crippen molar-refractivity contribution in [2.75, 3.05) is 35.2 Å². The third-order valence-electron chi connectivity index (χ3n) is 6.13. The lowest BCUT2D eigenvalue weighted by Gasteiger charge is -2.30. The SMILES string of the molecule is C=CC(=O)Nc1cc(N(C(=O)OC(C)(C)C)c2c(C)c(NC3CCCNC3)nc3ccnn23)ccc1OCC. The molecule has 3 heterocycles. The van der Waals surface area contributed by atoms with Gasteiger partial charge in [0.15, 0.2) is 11.5 Å². The van der Waals surface area contributed by atoms with Crippen molar-refractivity contribution >= 4 is 40.7 Å². The molecule has 2 amide bonds. The van der Waals surface area contributed by atoms with Crippen LogP contribution in [0.3, 0.4) is 0 Å². The molecule has 1 aliphatic heterocycles. The van der Waals surface area contributed by atoms with Gasteiger partial charge in [-0.2, -0.15) is 9.61 Å². The zero-order valence-corrected chi connectivity index (χ0v) is 23.2. The molecule has 11 heteroatoms. The minimum atomic E-state index is -0.764. The molecule has 1 fully saturated rings. The van der Waals surface area contributed by atoms with Crippen molar-refractivity contribution in [3.05, 3.63) is 48.7 Å². The number of hydrogen-bond acceptors (Lipinski definition) is 8. The number of nitrogens with one attached hydrogen (secondary N) is 3. The zero-order chi connectivity index (χ0) is 28.2. The molecule has 1 aliphatic rings. The van der Waals surface area contributed by atoms with E-state index in [1.54, 1.807) is 35.0 Å². The quantitative estimate of drug-likeness (QED) is 0.352. The number of aromatic nitrogens is 3. The highest BCUT2D eigenvalue weighted by Crippen LogP contribution is 2.37.